The van der Waals surface area contributed by atoms with Crippen molar-refractivity contribution >= 4 is 10.0 Å². The molecule has 1 atom stereocenters. The van der Waals surface area contributed by atoms with Crippen molar-refractivity contribution < 1.29 is 22.3 Å². The largest absolute Gasteiger partial charge is 0.464 e. The van der Waals surface area contributed by atoms with Gasteiger partial charge in [0.25, 0.3) is 0 Å². The van der Waals surface area contributed by atoms with Gasteiger partial charge in [0.2, 0.25) is 10.0 Å². The molecule has 7 nitrogen and oxygen atoms in total. The van der Waals surface area contributed by atoms with Gasteiger partial charge < -0.3 is 19.2 Å². The highest BCUT2D eigenvalue weighted by Crippen LogP contribution is 2.19. The Bertz CT molecular complexity index is 534. The van der Waals surface area contributed by atoms with Crippen LogP contribution in [0.15, 0.2) is 15.4 Å². The van der Waals surface area contributed by atoms with E-state index in [1.807, 2.05) is 0 Å². The summed E-state index contributed by atoms with van der Waals surface area (Å²) in [4.78, 5) is 0.166. The van der Waals surface area contributed by atoms with Crippen molar-refractivity contribution in [1.82, 2.24) is 10.0 Å². The second-order valence-electron chi connectivity index (χ2n) is 4.58. The number of furan rings is 1. The maximum Gasteiger partial charge on any atom is 0.244 e. The third-order valence-electron chi connectivity index (χ3n) is 2.95. The quantitative estimate of drug-likeness (QED) is 0.769. The Hall–Kier alpha value is -0.930. The predicted molar refractivity (Wildman–Crippen MR) is 72.0 cm³/mol. The Labute approximate surface area is 118 Å². The summed E-state index contributed by atoms with van der Waals surface area (Å²) < 4.78 is 43.0. The van der Waals surface area contributed by atoms with Crippen molar-refractivity contribution in [3.8, 4) is 0 Å². The molecule has 0 bridgehead atoms. The minimum atomic E-state index is -3.59. The second kappa shape index (κ2) is 6.68. The van der Waals surface area contributed by atoms with Crippen molar-refractivity contribution in [2.45, 2.75) is 24.5 Å². The molecule has 1 saturated heterocycles. The zero-order valence-corrected chi connectivity index (χ0v) is 12.5. The molecule has 8 heteroatoms. The molecular formula is C12H20N2O5S. The third-order valence-corrected chi connectivity index (χ3v) is 4.48. The molecule has 1 aliphatic rings. The van der Waals surface area contributed by atoms with Gasteiger partial charge in [0.15, 0.2) is 0 Å². The van der Waals surface area contributed by atoms with Crippen LogP contribution in [0.1, 0.15) is 11.5 Å². The summed E-state index contributed by atoms with van der Waals surface area (Å²) in [6.45, 7) is 3.75. The second-order valence-corrected chi connectivity index (χ2v) is 6.32. The zero-order valence-electron chi connectivity index (χ0n) is 11.6. The van der Waals surface area contributed by atoms with E-state index in [2.05, 4.69) is 10.0 Å². The van der Waals surface area contributed by atoms with E-state index >= 15 is 0 Å². The van der Waals surface area contributed by atoms with Gasteiger partial charge in [-0.1, -0.05) is 0 Å². The van der Waals surface area contributed by atoms with Gasteiger partial charge in [0.1, 0.15) is 16.4 Å². The summed E-state index contributed by atoms with van der Waals surface area (Å²) in [6, 6.07) is 1.53. The van der Waals surface area contributed by atoms with Crippen LogP contribution < -0.4 is 10.0 Å². The Morgan fingerprint density at radius 3 is 2.85 bits per heavy atom. The first-order valence-corrected chi connectivity index (χ1v) is 7.94. The lowest BCUT2D eigenvalue weighted by Crippen LogP contribution is -2.39. The van der Waals surface area contributed by atoms with Crippen LogP contribution in [0.25, 0.3) is 0 Å². The summed E-state index contributed by atoms with van der Waals surface area (Å²) in [6.07, 6.45) is -0.248. The van der Waals surface area contributed by atoms with E-state index in [0.29, 0.717) is 37.9 Å². The zero-order chi connectivity index (χ0) is 14.6. The van der Waals surface area contributed by atoms with Gasteiger partial charge in [0, 0.05) is 12.6 Å². The van der Waals surface area contributed by atoms with Gasteiger partial charge in [-0.15, -0.1) is 0 Å². The number of ether oxygens (including phenoxy) is 2. The molecule has 2 heterocycles. The van der Waals surface area contributed by atoms with Gasteiger partial charge >= 0.3 is 0 Å². The maximum absolute atomic E-state index is 12.2. The molecule has 0 saturated carbocycles. The number of aryl methyl sites for hydroxylation is 1. The van der Waals surface area contributed by atoms with E-state index in [9.17, 15) is 8.42 Å². The van der Waals surface area contributed by atoms with Crippen LogP contribution in [-0.4, -0.2) is 47.9 Å². The summed E-state index contributed by atoms with van der Waals surface area (Å²) in [5, 5.41) is 2.91. The number of rotatable bonds is 6. The van der Waals surface area contributed by atoms with Crippen molar-refractivity contribution in [1.29, 1.82) is 0 Å². The van der Waals surface area contributed by atoms with Crippen molar-refractivity contribution in [2.75, 3.05) is 33.4 Å². The van der Waals surface area contributed by atoms with Crippen LogP contribution in [0.3, 0.4) is 0 Å². The van der Waals surface area contributed by atoms with Gasteiger partial charge in [0.05, 0.1) is 32.5 Å². The lowest BCUT2D eigenvalue weighted by atomic mass is 10.3. The predicted octanol–water partition coefficient (Wildman–Crippen LogP) is 0.00112. The topological polar surface area (TPSA) is 89.8 Å². The molecule has 0 spiro atoms. The van der Waals surface area contributed by atoms with E-state index in [-0.39, 0.29) is 17.5 Å². The minimum absolute atomic E-state index is 0.166. The minimum Gasteiger partial charge on any atom is -0.464 e. The Morgan fingerprint density at radius 1 is 1.40 bits per heavy atom. The molecule has 20 heavy (non-hydrogen) atoms. The van der Waals surface area contributed by atoms with E-state index < -0.39 is 10.0 Å². The summed E-state index contributed by atoms with van der Waals surface area (Å²) in [5.74, 6) is 0.964. The van der Waals surface area contributed by atoms with Crippen LogP contribution in [-0.2, 0) is 26.0 Å². The summed E-state index contributed by atoms with van der Waals surface area (Å²) in [7, 11) is -1.83. The summed E-state index contributed by atoms with van der Waals surface area (Å²) >= 11 is 0. The molecule has 0 aromatic carbocycles. The SMILES string of the molecule is CNCc1cc(S(=O)(=O)NCC2COCCO2)c(C)o1. The normalized spacial score (nSPS) is 20.2. The molecule has 1 aromatic rings. The first-order chi connectivity index (χ1) is 9.53. The fourth-order valence-electron chi connectivity index (χ4n) is 1.99. The monoisotopic (exact) mass is 304 g/mol. The molecule has 1 unspecified atom stereocenters. The van der Waals surface area contributed by atoms with Crippen molar-refractivity contribution in [2.24, 2.45) is 0 Å². The lowest BCUT2D eigenvalue weighted by molar-refractivity contribution is -0.0846. The highest BCUT2D eigenvalue weighted by atomic mass is 32.2. The fraction of sp³-hybridized carbons (Fsp3) is 0.667. The van der Waals surface area contributed by atoms with Crippen LogP contribution in [0.5, 0.6) is 0 Å². The molecule has 1 aliphatic heterocycles. The number of nitrogens with one attached hydrogen (secondary N) is 2. The van der Waals surface area contributed by atoms with Gasteiger partial charge in [-0.25, -0.2) is 13.1 Å². The average Bonchev–Trinajstić information content (AvgIpc) is 2.80. The fourth-order valence-corrected chi connectivity index (χ4v) is 3.25. The molecule has 0 radical (unpaired) electrons. The molecule has 0 aliphatic carbocycles. The molecule has 2 rings (SSSR count). The molecule has 2 N–H and O–H groups in total. The van der Waals surface area contributed by atoms with E-state index in [1.165, 1.54) is 6.07 Å². The Kier molecular flexibility index (Phi) is 5.17. The summed E-state index contributed by atoms with van der Waals surface area (Å²) in [5.41, 5.74) is 0. The molecule has 1 aromatic heterocycles. The Morgan fingerprint density at radius 2 is 2.20 bits per heavy atom. The first-order valence-electron chi connectivity index (χ1n) is 6.46. The van der Waals surface area contributed by atoms with Gasteiger partial charge in [-0.05, 0) is 14.0 Å². The molecule has 114 valence electrons. The van der Waals surface area contributed by atoms with Crippen LogP contribution in [0.4, 0.5) is 0 Å². The van der Waals surface area contributed by atoms with Crippen LogP contribution >= 0.6 is 0 Å². The number of hydrogen-bond acceptors (Lipinski definition) is 6. The molecule has 1 fully saturated rings. The van der Waals surface area contributed by atoms with Gasteiger partial charge in [-0.3, -0.25) is 0 Å². The standard InChI is InChI=1S/C12H20N2O5S/c1-9-12(5-10(19-9)6-13-2)20(15,16)14-7-11-8-17-3-4-18-11/h5,11,13-14H,3-4,6-8H2,1-2H3. The molecule has 0 amide bonds. The van der Waals surface area contributed by atoms with Crippen molar-refractivity contribution in [3.05, 3.63) is 17.6 Å². The highest BCUT2D eigenvalue weighted by molar-refractivity contribution is 7.89. The lowest BCUT2D eigenvalue weighted by Gasteiger charge is -2.22. The third kappa shape index (κ3) is 3.80. The van der Waals surface area contributed by atoms with E-state index in [4.69, 9.17) is 13.9 Å². The highest BCUT2D eigenvalue weighted by Gasteiger charge is 2.23. The average molecular weight is 304 g/mol. The van der Waals surface area contributed by atoms with Crippen LogP contribution in [0, 0.1) is 6.92 Å². The molecular weight excluding hydrogens is 284 g/mol. The first kappa shape index (κ1) is 15.5. The Balaban J connectivity index is 2.01. The maximum atomic E-state index is 12.2. The number of sulfonamides is 1. The van der Waals surface area contributed by atoms with Crippen LogP contribution in [0.2, 0.25) is 0 Å². The van der Waals surface area contributed by atoms with Crippen molar-refractivity contribution in [3.63, 3.8) is 0 Å². The number of hydrogen-bond donors (Lipinski definition) is 2. The van der Waals surface area contributed by atoms with E-state index in [0.717, 1.165) is 0 Å². The smallest absolute Gasteiger partial charge is 0.244 e. The van der Waals surface area contributed by atoms with E-state index in [1.54, 1.807) is 14.0 Å². The van der Waals surface area contributed by atoms with Gasteiger partial charge in [-0.2, -0.15) is 0 Å².